The Morgan fingerprint density at radius 2 is 1.84 bits per heavy atom. The SMILES string of the molecule is COc1ccc2c(O[C@@H]3C[C@H]4C(=O)C[C@]5(C(=O)NS(=O)(=O)C6(C)CC6)C[C@@H]5/C=C\CCCCC[C@H](Nc5cccc(C(=O)N6CCOC(C)C6)c5)C(=O)N4C3)cc(-c3nc(C(C)C)cs3)nc2c1C. The highest BCUT2D eigenvalue weighted by molar-refractivity contribution is 7.91. The molecule has 17 heteroatoms. The minimum absolute atomic E-state index is 0.0689. The first-order valence-electron chi connectivity index (χ1n) is 24.4. The quantitative estimate of drug-likeness (QED) is 0.138. The summed E-state index contributed by atoms with van der Waals surface area (Å²) in [6, 6.07) is 11.1. The average molecular weight is 981 g/mol. The molecule has 1 unspecified atom stereocenters. The van der Waals surface area contributed by atoms with Crippen LogP contribution < -0.4 is 19.5 Å². The largest absolute Gasteiger partial charge is 0.496 e. The van der Waals surface area contributed by atoms with Crippen LogP contribution in [0.15, 0.2) is 60.0 Å². The van der Waals surface area contributed by atoms with Gasteiger partial charge in [0.1, 0.15) is 34.3 Å². The zero-order valence-corrected chi connectivity index (χ0v) is 42.0. The number of aryl methyl sites for hydroxylation is 1. The number of morpholine rings is 1. The molecule has 2 saturated carbocycles. The van der Waals surface area contributed by atoms with Crippen molar-refractivity contribution in [3.05, 3.63) is 76.8 Å². The van der Waals surface area contributed by atoms with E-state index in [4.69, 9.17) is 24.2 Å². The first kappa shape index (κ1) is 48.6. The molecule has 3 aliphatic heterocycles. The van der Waals surface area contributed by atoms with Gasteiger partial charge in [0.2, 0.25) is 21.8 Å². The summed E-state index contributed by atoms with van der Waals surface area (Å²) in [7, 11) is -2.37. The standard InChI is InChI=1S/C52H64N6O9S2/c1-31(2)41-30-68-47(55-41)40-25-45(38-17-18-44(65-6)33(4)46(38)54-40)67-37-24-42-43(59)27-52(50(62)56-69(63,64)51(5)19-20-51)26-35(52)14-10-8-7-9-11-16-39(49(61)58(42)29-37)53-36-15-12-13-34(23-36)48(60)57-21-22-66-32(3)28-57/h10,12-15,17-18,23,25,30-32,35,37,39,42,53H,7-9,11,16,19-22,24,26-29H2,1-6H3,(H,56,62)/b14-10-/t32?,35-,37+,39-,42-,52+/m0/s1. The number of amides is 3. The van der Waals surface area contributed by atoms with Crippen LogP contribution in [0.25, 0.3) is 21.6 Å². The summed E-state index contributed by atoms with van der Waals surface area (Å²) in [4.78, 5) is 71.7. The van der Waals surface area contributed by atoms with E-state index in [-0.39, 0.29) is 54.9 Å². The topological polar surface area (TPSA) is 186 Å². The molecule has 5 aliphatic rings. The highest BCUT2D eigenvalue weighted by Gasteiger charge is 2.62. The van der Waals surface area contributed by atoms with Gasteiger partial charge in [-0.05, 0) is 101 Å². The molecule has 2 aliphatic carbocycles. The molecule has 2 aromatic heterocycles. The first-order valence-corrected chi connectivity index (χ1v) is 26.8. The summed E-state index contributed by atoms with van der Waals surface area (Å²) in [5, 5.41) is 6.97. The van der Waals surface area contributed by atoms with E-state index in [1.165, 1.54) is 11.3 Å². The van der Waals surface area contributed by atoms with Crippen molar-refractivity contribution in [2.75, 3.05) is 38.7 Å². The highest BCUT2D eigenvalue weighted by atomic mass is 32.2. The molecule has 0 spiro atoms. The highest BCUT2D eigenvalue weighted by Crippen LogP contribution is 2.58. The molecule has 5 heterocycles. The Kier molecular flexibility index (Phi) is 13.7. The van der Waals surface area contributed by atoms with Crippen molar-refractivity contribution in [1.82, 2.24) is 24.5 Å². The molecule has 3 amide bonds. The second kappa shape index (κ2) is 19.4. The van der Waals surface area contributed by atoms with Gasteiger partial charge in [0.05, 0.1) is 53.8 Å². The Balaban J connectivity index is 1.06. The molecule has 2 N–H and O–H groups in total. The maximum atomic E-state index is 15.3. The number of ether oxygens (including phenoxy) is 3. The van der Waals surface area contributed by atoms with Crippen molar-refractivity contribution in [2.45, 2.75) is 134 Å². The minimum Gasteiger partial charge on any atom is -0.496 e. The van der Waals surface area contributed by atoms with Gasteiger partial charge in [0, 0.05) is 59.6 Å². The Labute approximate surface area is 408 Å². The number of carbonyl (C=O) groups is 4. The number of nitrogens with zero attached hydrogens (tertiary/aromatic N) is 4. The van der Waals surface area contributed by atoms with E-state index in [9.17, 15) is 18.0 Å². The maximum Gasteiger partial charge on any atom is 0.254 e. The second-order valence-corrected chi connectivity index (χ2v) is 23.3. The van der Waals surface area contributed by atoms with Crippen molar-refractivity contribution < 1.29 is 41.8 Å². The zero-order valence-electron chi connectivity index (χ0n) is 40.4. The van der Waals surface area contributed by atoms with Crippen LogP contribution >= 0.6 is 11.3 Å². The van der Waals surface area contributed by atoms with E-state index in [2.05, 4.69) is 23.9 Å². The lowest BCUT2D eigenvalue weighted by Gasteiger charge is -2.31. The van der Waals surface area contributed by atoms with Crippen molar-refractivity contribution in [1.29, 1.82) is 0 Å². The number of rotatable bonds is 11. The molecule has 6 atom stereocenters. The number of hydrogen-bond donors (Lipinski definition) is 2. The first-order chi connectivity index (χ1) is 33.0. The Hall–Kier alpha value is -5.39. The Bertz CT molecular complexity index is 2790. The molecule has 2 saturated heterocycles. The smallest absolute Gasteiger partial charge is 0.254 e. The third-order valence-electron chi connectivity index (χ3n) is 14.8. The Morgan fingerprint density at radius 3 is 2.58 bits per heavy atom. The number of carbonyl (C=O) groups excluding carboxylic acids is 4. The predicted octanol–water partition coefficient (Wildman–Crippen LogP) is 7.97. The number of pyridine rings is 1. The fourth-order valence-corrected chi connectivity index (χ4v) is 12.3. The molecular weight excluding hydrogens is 917 g/mol. The van der Waals surface area contributed by atoms with E-state index in [0.29, 0.717) is 85.8 Å². The summed E-state index contributed by atoms with van der Waals surface area (Å²) in [6.07, 6.45) is 7.97. The number of Topliss-reactive ketones (excluding diaryl/α,β-unsaturated/α-hetero) is 1. The van der Waals surface area contributed by atoms with Gasteiger partial charge in [-0.1, -0.05) is 44.9 Å². The number of nitrogens with one attached hydrogen (secondary N) is 2. The summed E-state index contributed by atoms with van der Waals surface area (Å²) < 4.78 is 46.6. The predicted molar refractivity (Wildman–Crippen MR) is 265 cm³/mol. The Morgan fingerprint density at radius 1 is 1.03 bits per heavy atom. The van der Waals surface area contributed by atoms with Crippen LogP contribution in [-0.2, 0) is 29.1 Å². The molecular formula is C52H64N6O9S2. The molecule has 69 heavy (non-hydrogen) atoms. The summed E-state index contributed by atoms with van der Waals surface area (Å²) in [5.41, 5.74) is 2.87. The zero-order chi connectivity index (χ0) is 48.8. The molecule has 9 rings (SSSR count). The third kappa shape index (κ3) is 10.0. The van der Waals surface area contributed by atoms with Crippen molar-refractivity contribution in [3.8, 4) is 22.2 Å². The van der Waals surface area contributed by atoms with Gasteiger partial charge < -0.3 is 29.3 Å². The molecule has 0 radical (unpaired) electrons. The van der Waals surface area contributed by atoms with Crippen molar-refractivity contribution >= 4 is 61.5 Å². The van der Waals surface area contributed by atoms with Gasteiger partial charge >= 0.3 is 0 Å². The van der Waals surface area contributed by atoms with Gasteiger partial charge in [-0.2, -0.15) is 0 Å². The lowest BCUT2D eigenvalue weighted by atomic mass is 9.91. The number of ketones is 1. The third-order valence-corrected chi connectivity index (χ3v) is 17.9. The molecule has 2 aromatic carbocycles. The van der Waals surface area contributed by atoms with E-state index in [1.807, 2.05) is 55.6 Å². The summed E-state index contributed by atoms with van der Waals surface area (Å²) in [6.45, 7) is 11.2. The number of anilines is 1. The van der Waals surface area contributed by atoms with Gasteiger partial charge in [0.25, 0.3) is 5.91 Å². The van der Waals surface area contributed by atoms with Gasteiger partial charge in [0.15, 0.2) is 5.78 Å². The maximum absolute atomic E-state index is 15.3. The number of sulfonamides is 1. The van der Waals surface area contributed by atoms with Crippen LogP contribution in [-0.4, -0.2) is 114 Å². The van der Waals surface area contributed by atoms with Gasteiger partial charge in [-0.3, -0.25) is 23.9 Å². The number of hydrogen-bond acceptors (Lipinski definition) is 13. The van der Waals surface area contributed by atoms with Crippen LogP contribution in [0.2, 0.25) is 0 Å². The monoisotopic (exact) mass is 980 g/mol. The lowest BCUT2D eigenvalue weighted by molar-refractivity contribution is -0.139. The number of fused-ring (bicyclic) bond motifs is 3. The second-order valence-electron chi connectivity index (χ2n) is 20.3. The van der Waals surface area contributed by atoms with Crippen molar-refractivity contribution in [2.24, 2.45) is 11.3 Å². The van der Waals surface area contributed by atoms with E-state index >= 15 is 9.59 Å². The minimum atomic E-state index is -3.98. The number of thiazole rings is 1. The fraction of sp³-hybridized carbons (Fsp3) is 0.538. The van der Waals surface area contributed by atoms with Gasteiger partial charge in [-0.15, -0.1) is 11.3 Å². The van der Waals surface area contributed by atoms with Crippen molar-refractivity contribution in [3.63, 3.8) is 0 Å². The van der Waals surface area contributed by atoms with Gasteiger partial charge in [-0.25, -0.2) is 18.4 Å². The average Bonchev–Trinajstić information content (AvgIpc) is 4.10. The number of benzene rings is 2. The number of allylic oxidation sites excluding steroid dienone is 2. The van der Waals surface area contributed by atoms with Crippen LogP contribution in [0.5, 0.6) is 11.5 Å². The molecule has 15 nitrogen and oxygen atoms in total. The molecule has 4 fully saturated rings. The number of aromatic nitrogens is 2. The summed E-state index contributed by atoms with van der Waals surface area (Å²) in [5.74, 6) is -0.357. The molecule has 368 valence electrons. The van der Waals surface area contributed by atoms with Crippen LogP contribution in [0.4, 0.5) is 5.69 Å². The van der Waals surface area contributed by atoms with Crippen LogP contribution in [0.1, 0.15) is 119 Å². The van der Waals surface area contributed by atoms with E-state index in [1.54, 1.807) is 42.0 Å². The molecule has 0 bridgehead atoms. The summed E-state index contributed by atoms with van der Waals surface area (Å²) >= 11 is 1.50. The fourth-order valence-electron chi connectivity index (χ4n) is 10.1. The lowest BCUT2D eigenvalue weighted by Crippen LogP contribution is -2.49. The van der Waals surface area contributed by atoms with E-state index in [0.717, 1.165) is 40.9 Å². The van der Waals surface area contributed by atoms with E-state index < -0.39 is 44.3 Å². The van der Waals surface area contributed by atoms with Crippen LogP contribution in [0, 0.1) is 18.3 Å². The normalized spacial score (nSPS) is 26.6. The van der Waals surface area contributed by atoms with Crippen LogP contribution in [0.3, 0.4) is 0 Å². The number of methoxy groups -OCH3 is 1. The molecule has 4 aromatic rings.